The summed E-state index contributed by atoms with van der Waals surface area (Å²) in [6, 6.07) is 1.98. The number of carbonyl (C=O) groups excluding carboxylic acids is 1. The summed E-state index contributed by atoms with van der Waals surface area (Å²) in [4.78, 5) is 12.3. The van der Waals surface area contributed by atoms with E-state index in [4.69, 9.17) is 0 Å². The zero-order valence-corrected chi connectivity index (χ0v) is 12.7. The van der Waals surface area contributed by atoms with Crippen LogP contribution in [0.5, 0.6) is 0 Å². The van der Waals surface area contributed by atoms with Crippen LogP contribution in [0.15, 0.2) is 11.4 Å². The smallest absolute Gasteiger partial charge is 0.221 e. The van der Waals surface area contributed by atoms with Crippen molar-refractivity contribution in [1.29, 1.82) is 0 Å². The fourth-order valence-corrected chi connectivity index (χ4v) is 3.80. The summed E-state index contributed by atoms with van der Waals surface area (Å²) in [5.41, 5.74) is 1.48. The predicted octanol–water partition coefficient (Wildman–Crippen LogP) is 3.77. The number of thiophene rings is 1. The van der Waals surface area contributed by atoms with Crippen molar-refractivity contribution in [2.24, 2.45) is 5.41 Å². The molecule has 0 aromatic carbocycles. The molecule has 1 aliphatic carbocycles. The number of hydrogen-bond donors (Lipinski definition) is 2. The van der Waals surface area contributed by atoms with Crippen LogP contribution in [0.4, 0.5) is 5.69 Å². The Morgan fingerprint density at radius 3 is 2.79 bits per heavy atom. The zero-order valence-electron chi connectivity index (χ0n) is 11.9. The summed E-state index contributed by atoms with van der Waals surface area (Å²) in [5.74, 6) is 0.000436. The van der Waals surface area contributed by atoms with Crippen LogP contribution in [0.2, 0.25) is 0 Å². The number of nitrogens with one attached hydrogen (secondary N) is 2. The Morgan fingerprint density at radius 2 is 2.16 bits per heavy atom. The van der Waals surface area contributed by atoms with Crippen LogP contribution in [0.1, 0.15) is 50.8 Å². The summed E-state index contributed by atoms with van der Waals surface area (Å²) in [5, 5.41) is 8.52. The topological polar surface area (TPSA) is 41.1 Å². The number of anilines is 1. The number of hydrogen-bond acceptors (Lipinski definition) is 3. The fraction of sp³-hybridized carbons (Fsp3) is 0.667. The van der Waals surface area contributed by atoms with E-state index in [0.717, 1.165) is 18.8 Å². The molecule has 2 N–H and O–H groups in total. The maximum absolute atomic E-state index is 11.1. The van der Waals surface area contributed by atoms with Crippen LogP contribution in [0.25, 0.3) is 0 Å². The van der Waals surface area contributed by atoms with Crippen molar-refractivity contribution < 1.29 is 4.79 Å². The van der Waals surface area contributed by atoms with Gasteiger partial charge in [-0.1, -0.05) is 19.8 Å². The molecule has 2 rings (SSSR count). The quantitative estimate of drug-likeness (QED) is 0.833. The van der Waals surface area contributed by atoms with Crippen molar-refractivity contribution in [2.75, 3.05) is 11.9 Å². The first-order valence-electron chi connectivity index (χ1n) is 7.20. The largest absolute Gasteiger partial charge is 0.325 e. The van der Waals surface area contributed by atoms with Gasteiger partial charge in [-0.2, -0.15) is 0 Å². The summed E-state index contributed by atoms with van der Waals surface area (Å²) in [6.07, 6.45) is 6.75. The first kappa shape index (κ1) is 14.5. The summed E-state index contributed by atoms with van der Waals surface area (Å²) in [6.45, 7) is 5.82. The van der Waals surface area contributed by atoms with Crippen LogP contribution < -0.4 is 10.6 Å². The van der Waals surface area contributed by atoms with Gasteiger partial charge in [-0.05, 0) is 36.1 Å². The standard InChI is InChI=1S/C15H24N2OS/c1-3-15(7-4-5-8-15)11-16-10-14-13(6-9-19-14)17-12(2)18/h6,9,16H,3-5,7-8,10-11H2,1-2H3,(H,17,18). The van der Waals surface area contributed by atoms with Gasteiger partial charge in [0.15, 0.2) is 0 Å². The van der Waals surface area contributed by atoms with Gasteiger partial charge in [0.05, 0.1) is 5.69 Å². The maximum Gasteiger partial charge on any atom is 0.221 e. The average molecular weight is 280 g/mol. The molecular weight excluding hydrogens is 256 g/mol. The lowest BCUT2D eigenvalue weighted by atomic mass is 9.83. The van der Waals surface area contributed by atoms with E-state index >= 15 is 0 Å². The Kier molecular flexibility index (Phi) is 4.99. The Bertz CT molecular complexity index is 422. The van der Waals surface area contributed by atoms with Crippen LogP contribution in [-0.4, -0.2) is 12.5 Å². The molecule has 1 saturated carbocycles. The number of carbonyl (C=O) groups is 1. The number of amides is 1. The molecule has 19 heavy (non-hydrogen) atoms. The zero-order chi connectivity index (χ0) is 13.7. The molecule has 1 aromatic rings. The molecule has 106 valence electrons. The van der Waals surface area contributed by atoms with Crippen molar-refractivity contribution in [2.45, 2.75) is 52.5 Å². The molecular formula is C15H24N2OS. The molecule has 0 unspecified atom stereocenters. The molecule has 0 saturated heterocycles. The average Bonchev–Trinajstić information content (AvgIpc) is 3.00. The van der Waals surface area contributed by atoms with Crippen LogP contribution in [0, 0.1) is 5.41 Å². The third kappa shape index (κ3) is 3.80. The van der Waals surface area contributed by atoms with Gasteiger partial charge >= 0.3 is 0 Å². The maximum atomic E-state index is 11.1. The van der Waals surface area contributed by atoms with Crippen molar-refractivity contribution in [3.8, 4) is 0 Å². The van der Waals surface area contributed by atoms with E-state index in [-0.39, 0.29) is 5.91 Å². The Labute approximate surface area is 119 Å². The minimum atomic E-state index is 0.000436. The van der Waals surface area contributed by atoms with Crippen molar-refractivity contribution in [3.05, 3.63) is 16.3 Å². The Morgan fingerprint density at radius 1 is 1.42 bits per heavy atom. The second kappa shape index (κ2) is 6.53. The van der Waals surface area contributed by atoms with E-state index in [1.54, 1.807) is 18.3 Å². The van der Waals surface area contributed by atoms with Gasteiger partial charge in [-0.3, -0.25) is 4.79 Å². The molecule has 1 fully saturated rings. The molecule has 0 aliphatic heterocycles. The molecule has 1 heterocycles. The molecule has 0 spiro atoms. The van der Waals surface area contributed by atoms with Crippen molar-refractivity contribution in [1.82, 2.24) is 5.32 Å². The minimum absolute atomic E-state index is 0.000436. The summed E-state index contributed by atoms with van der Waals surface area (Å²) < 4.78 is 0. The third-order valence-electron chi connectivity index (χ3n) is 4.26. The van der Waals surface area contributed by atoms with E-state index in [2.05, 4.69) is 17.6 Å². The second-order valence-electron chi connectivity index (χ2n) is 5.60. The first-order valence-corrected chi connectivity index (χ1v) is 8.08. The van der Waals surface area contributed by atoms with Gasteiger partial charge in [0, 0.05) is 24.9 Å². The predicted molar refractivity (Wildman–Crippen MR) is 81.5 cm³/mol. The molecule has 3 nitrogen and oxygen atoms in total. The van der Waals surface area contributed by atoms with Gasteiger partial charge < -0.3 is 10.6 Å². The number of rotatable bonds is 6. The van der Waals surface area contributed by atoms with E-state index in [9.17, 15) is 4.79 Å². The second-order valence-corrected chi connectivity index (χ2v) is 6.60. The summed E-state index contributed by atoms with van der Waals surface area (Å²) in [7, 11) is 0. The van der Waals surface area contributed by atoms with Crippen molar-refractivity contribution in [3.63, 3.8) is 0 Å². The molecule has 1 aliphatic rings. The molecule has 0 atom stereocenters. The van der Waals surface area contributed by atoms with Crippen LogP contribution in [-0.2, 0) is 11.3 Å². The van der Waals surface area contributed by atoms with Crippen LogP contribution >= 0.6 is 11.3 Å². The molecule has 0 radical (unpaired) electrons. The highest BCUT2D eigenvalue weighted by atomic mass is 32.1. The van der Waals surface area contributed by atoms with Gasteiger partial charge in [0.2, 0.25) is 5.91 Å². The van der Waals surface area contributed by atoms with Crippen molar-refractivity contribution >= 4 is 22.9 Å². The van der Waals surface area contributed by atoms with Gasteiger partial charge in [0.1, 0.15) is 0 Å². The lowest BCUT2D eigenvalue weighted by Crippen LogP contribution is -2.31. The Balaban J connectivity index is 1.85. The first-order chi connectivity index (χ1) is 9.15. The van der Waals surface area contributed by atoms with E-state index in [1.165, 1.54) is 37.0 Å². The third-order valence-corrected chi connectivity index (χ3v) is 5.18. The molecule has 0 bridgehead atoms. The van der Waals surface area contributed by atoms with Gasteiger partial charge in [-0.25, -0.2) is 0 Å². The highest BCUT2D eigenvalue weighted by Crippen LogP contribution is 2.40. The fourth-order valence-electron chi connectivity index (χ4n) is 3.00. The SMILES string of the molecule is CCC1(CNCc2sccc2NC(C)=O)CCCC1. The van der Waals surface area contributed by atoms with Crippen LogP contribution in [0.3, 0.4) is 0 Å². The Hall–Kier alpha value is -0.870. The normalized spacial score (nSPS) is 17.6. The van der Waals surface area contributed by atoms with E-state index < -0.39 is 0 Å². The minimum Gasteiger partial charge on any atom is -0.325 e. The highest BCUT2D eigenvalue weighted by molar-refractivity contribution is 7.10. The van der Waals surface area contributed by atoms with Gasteiger partial charge in [0.25, 0.3) is 0 Å². The molecule has 4 heteroatoms. The van der Waals surface area contributed by atoms with E-state index in [1.807, 2.05) is 11.4 Å². The highest BCUT2D eigenvalue weighted by Gasteiger charge is 2.31. The van der Waals surface area contributed by atoms with E-state index in [0.29, 0.717) is 5.41 Å². The van der Waals surface area contributed by atoms with Gasteiger partial charge in [-0.15, -0.1) is 11.3 Å². The summed E-state index contributed by atoms with van der Waals surface area (Å²) >= 11 is 1.70. The lowest BCUT2D eigenvalue weighted by Gasteiger charge is -2.27. The molecule has 1 aromatic heterocycles. The monoisotopic (exact) mass is 280 g/mol. The lowest BCUT2D eigenvalue weighted by molar-refractivity contribution is -0.114. The molecule has 1 amide bonds.